The van der Waals surface area contributed by atoms with Crippen molar-refractivity contribution in [2.45, 2.75) is 6.54 Å². The van der Waals surface area contributed by atoms with E-state index in [1.54, 1.807) is 17.4 Å². The molecule has 0 unspecified atom stereocenters. The number of aromatic nitrogens is 1. The van der Waals surface area contributed by atoms with Crippen molar-refractivity contribution in [2.75, 3.05) is 0 Å². The van der Waals surface area contributed by atoms with E-state index in [4.69, 9.17) is 8.94 Å². The van der Waals surface area contributed by atoms with Crippen molar-refractivity contribution < 1.29 is 13.7 Å². The Bertz CT molecular complexity index is 920. The van der Waals surface area contributed by atoms with E-state index in [-0.39, 0.29) is 18.2 Å². The van der Waals surface area contributed by atoms with Crippen LogP contribution in [0.25, 0.3) is 21.6 Å². The molecule has 0 radical (unpaired) electrons. The molecule has 6 heteroatoms. The second kappa shape index (κ2) is 5.73. The maximum absolute atomic E-state index is 12.2. The Labute approximate surface area is 135 Å². The molecule has 0 atom stereocenters. The van der Waals surface area contributed by atoms with Crippen molar-refractivity contribution in [3.63, 3.8) is 0 Å². The molecule has 1 aromatic carbocycles. The Morgan fingerprint density at radius 2 is 2.09 bits per heavy atom. The van der Waals surface area contributed by atoms with E-state index in [1.165, 1.54) is 0 Å². The Morgan fingerprint density at radius 1 is 1.17 bits per heavy atom. The summed E-state index contributed by atoms with van der Waals surface area (Å²) in [5, 5.41) is 9.62. The fourth-order valence-electron chi connectivity index (χ4n) is 2.28. The number of carbonyl (C=O) groups is 1. The summed E-state index contributed by atoms with van der Waals surface area (Å²) < 4.78 is 10.8. The number of furan rings is 1. The van der Waals surface area contributed by atoms with Gasteiger partial charge in [-0.2, -0.15) is 0 Å². The highest BCUT2D eigenvalue weighted by Gasteiger charge is 2.13. The summed E-state index contributed by atoms with van der Waals surface area (Å²) in [6, 6.07) is 15.0. The van der Waals surface area contributed by atoms with Crippen molar-refractivity contribution in [3.8, 4) is 10.6 Å². The van der Waals surface area contributed by atoms with Gasteiger partial charge in [-0.1, -0.05) is 29.4 Å². The molecule has 0 bridgehead atoms. The Balaban J connectivity index is 1.45. The van der Waals surface area contributed by atoms with Crippen LogP contribution in [0.4, 0.5) is 0 Å². The third-order valence-electron chi connectivity index (χ3n) is 3.40. The summed E-state index contributed by atoms with van der Waals surface area (Å²) in [6.07, 6.45) is 0. The van der Waals surface area contributed by atoms with Gasteiger partial charge >= 0.3 is 0 Å². The minimum absolute atomic E-state index is 0.276. The molecule has 0 aliphatic heterocycles. The zero-order valence-electron chi connectivity index (χ0n) is 12.0. The van der Waals surface area contributed by atoms with E-state index in [2.05, 4.69) is 10.5 Å². The lowest BCUT2D eigenvalue weighted by Crippen LogP contribution is -2.22. The second-order valence-corrected chi connectivity index (χ2v) is 5.94. The highest BCUT2D eigenvalue weighted by molar-refractivity contribution is 7.13. The lowest BCUT2D eigenvalue weighted by Gasteiger charge is -1.98. The number of hydrogen-bond donors (Lipinski definition) is 1. The van der Waals surface area contributed by atoms with Crippen LogP contribution in [-0.4, -0.2) is 11.1 Å². The van der Waals surface area contributed by atoms with Crippen LogP contribution >= 0.6 is 11.3 Å². The maximum Gasteiger partial charge on any atom is 0.287 e. The molecule has 0 aliphatic rings. The molecule has 1 N–H and O–H groups in total. The van der Waals surface area contributed by atoms with Gasteiger partial charge < -0.3 is 14.3 Å². The molecule has 0 saturated carbocycles. The zero-order valence-corrected chi connectivity index (χ0v) is 12.8. The van der Waals surface area contributed by atoms with Gasteiger partial charge in [0.1, 0.15) is 11.3 Å². The first kappa shape index (κ1) is 13.8. The minimum atomic E-state index is -0.276. The first-order valence-corrected chi connectivity index (χ1v) is 7.94. The SMILES string of the molecule is O=C(NCc1cc(-c2cccs2)on1)c1cc2ccccc2o1. The topological polar surface area (TPSA) is 68.3 Å². The summed E-state index contributed by atoms with van der Waals surface area (Å²) in [7, 11) is 0. The highest BCUT2D eigenvalue weighted by Crippen LogP contribution is 2.25. The molecule has 0 saturated heterocycles. The van der Waals surface area contributed by atoms with Gasteiger partial charge in [-0.25, -0.2) is 0 Å². The maximum atomic E-state index is 12.2. The monoisotopic (exact) mass is 324 g/mol. The van der Waals surface area contributed by atoms with E-state index in [0.29, 0.717) is 17.0 Å². The Morgan fingerprint density at radius 3 is 2.91 bits per heavy atom. The van der Waals surface area contributed by atoms with Gasteiger partial charge in [0.05, 0.1) is 11.4 Å². The van der Waals surface area contributed by atoms with Crippen LogP contribution in [0.2, 0.25) is 0 Å². The van der Waals surface area contributed by atoms with Crippen LogP contribution in [0, 0.1) is 0 Å². The van der Waals surface area contributed by atoms with E-state index >= 15 is 0 Å². The molecule has 4 rings (SSSR count). The smallest absolute Gasteiger partial charge is 0.287 e. The lowest BCUT2D eigenvalue weighted by atomic mass is 10.2. The number of nitrogens with zero attached hydrogens (tertiary/aromatic N) is 1. The number of benzene rings is 1. The molecule has 5 nitrogen and oxygen atoms in total. The predicted molar refractivity (Wildman–Crippen MR) is 87.2 cm³/mol. The van der Waals surface area contributed by atoms with Gasteiger partial charge in [-0.05, 0) is 23.6 Å². The fraction of sp³-hybridized carbons (Fsp3) is 0.0588. The van der Waals surface area contributed by atoms with Crippen LogP contribution in [0.15, 0.2) is 62.9 Å². The zero-order chi connectivity index (χ0) is 15.6. The third-order valence-corrected chi connectivity index (χ3v) is 4.29. The number of carbonyl (C=O) groups excluding carboxylic acids is 1. The Hall–Kier alpha value is -2.86. The van der Waals surface area contributed by atoms with Crippen molar-refractivity contribution in [1.29, 1.82) is 0 Å². The van der Waals surface area contributed by atoms with Gasteiger partial charge in [-0.15, -0.1) is 11.3 Å². The summed E-state index contributed by atoms with van der Waals surface area (Å²) in [5.41, 5.74) is 1.36. The first-order valence-electron chi connectivity index (χ1n) is 7.06. The molecule has 3 heterocycles. The van der Waals surface area contributed by atoms with Crippen LogP contribution in [0.3, 0.4) is 0 Å². The fourth-order valence-corrected chi connectivity index (χ4v) is 2.95. The molecule has 114 valence electrons. The summed E-state index contributed by atoms with van der Waals surface area (Å²) in [5.74, 6) is 0.711. The molecule has 0 aliphatic carbocycles. The molecule has 1 amide bonds. The largest absolute Gasteiger partial charge is 0.451 e. The second-order valence-electron chi connectivity index (χ2n) is 4.99. The number of nitrogens with one attached hydrogen (secondary N) is 1. The molecule has 23 heavy (non-hydrogen) atoms. The molecule has 0 fully saturated rings. The van der Waals surface area contributed by atoms with Gasteiger partial charge in [0.25, 0.3) is 5.91 Å². The average molecular weight is 324 g/mol. The standard InChI is InChI=1S/C17H12N2O3S/c20-17(15-8-11-4-1-2-5-13(11)21-15)18-10-12-9-14(22-19-12)16-6-3-7-23-16/h1-9H,10H2,(H,18,20). The van der Waals surface area contributed by atoms with Gasteiger partial charge in [-0.3, -0.25) is 4.79 Å². The van der Waals surface area contributed by atoms with E-state index in [1.807, 2.05) is 47.8 Å². The Kier molecular flexibility index (Phi) is 3.44. The highest BCUT2D eigenvalue weighted by atomic mass is 32.1. The van der Waals surface area contributed by atoms with Crippen LogP contribution < -0.4 is 5.32 Å². The number of thiophene rings is 1. The van der Waals surface area contributed by atoms with Crippen LogP contribution in [0.5, 0.6) is 0 Å². The van der Waals surface area contributed by atoms with Gasteiger partial charge in [0.2, 0.25) is 0 Å². The molecular weight excluding hydrogens is 312 g/mol. The number of amides is 1. The average Bonchev–Trinajstić information content (AvgIpc) is 3.31. The summed E-state index contributed by atoms with van der Waals surface area (Å²) in [6.45, 7) is 0.282. The van der Waals surface area contributed by atoms with Gasteiger partial charge in [0.15, 0.2) is 11.5 Å². The van der Waals surface area contributed by atoms with Crippen molar-refractivity contribution in [1.82, 2.24) is 10.5 Å². The summed E-state index contributed by atoms with van der Waals surface area (Å²) >= 11 is 1.58. The number of fused-ring (bicyclic) bond motifs is 1. The lowest BCUT2D eigenvalue weighted by molar-refractivity contribution is 0.0924. The van der Waals surface area contributed by atoms with E-state index in [0.717, 1.165) is 10.3 Å². The normalized spacial score (nSPS) is 11.0. The third kappa shape index (κ3) is 2.76. The van der Waals surface area contributed by atoms with E-state index in [9.17, 15) is 4.79 Å². The van der Waals surface area contributed by atoms with Crippen molar-refractivity contribution in [2.24, 2.45) is 0 Å². The van der Waals surface area contributed by atoms with Crippen molar-refractivity contribution in [3.05, 3.63) is 65.4 Å². The van der Waals surface area contributed by atoms with Crippen molar-refractivity contribution >= 4 is 28.2 Å². The predicted octanol–water partition coefficient (Wildman–Crippen LogP) is 4.08. The van der Waals surface area contributed by atoms with Crippen LogP contribution in [0.1, 0.15) is 16.2 Å². The molecule has 4 aromatic rings. The summed E-state index contributed by atoms with van der Waals surface area (Å²) in [4.78, 5) is 13.2. The molecular formula is C17H12N2O3S. The number of hydrogen-bond acceptors (Lipinski definition) is 5. The minimum Gasteiger partial charge on any atom is -0.451 e. The van der Waals surface area contributed by atoms with Gasteiger partial charge in [0, 0.05) is 11.5 Å². The van der Waals surface area contributed by atoms with E-state index < -0.39 is 0 Å². The number of rotatable bonds is 4. The molecule has 0 spiro atoms. The first-order chi connectivity index (χ1) is 11.3. The number of para-hydroxylation sites is 1. The quantitative estimate of drug-likeness (QED) is 0.614. The van der Waals surface area contributed by atoms with Crippen LogP contribution in [-0.2, 0) is 6.54 Å². The molecule has 3 aromatic heterocycles.